The Morgan fingerprint density at radius 3 is 2.39 bits per heavy atom. The summed E-state index contributed by atoms with van der Waals surface area (Å²) in [5, 5.41) is 2.11. The van der Waals surface area contributed by atoms with E-state index in [1.165, 1.54) is 10.4 Å². The Bertz CT molecular complexity index is 1090. The fourth-order valence-corrected chi connectivity index (χ4v) is 5.73. The van der Waals surface area contributed by atoms with Crippen LogP contribution in [0.5, 0.6) is 0 Å². The van der Waals surface area contributed by atoms with E-state index in [0.717, 1.165) is 30.9 Å². The van der Waals surface area contributed by atoms with Crippen molar-refractivity contribution in [2.24, 2.45) is 0 Å². The van der Waals surface area contributed by atoms with Crippen LogP contribution in [0.1, 0.15) is 34.9 Å². The predicted octanol–water partition coefficient (Wildman–Crippen LogP) is 3.75. The minimum absolute atomic E-state index is 0.0566. The molecule has 1 atom stereocenters. The molecule has 2 aliphatic heterocycles. The Labute approximate surface area is 198 Å². The van der Waals surface area contributed by atoms with Crippen LogP contribution in [0.4, 0.5) is 5.82 Å². The maximum atomic E-state index is 13.3. The van der Waals surface area contributed by atoms with Crippen LogP contribution in [0.3, 0.4) is 0 Å². The number of nitrogens with zero attached hydrogens (tertiary/aromatic N) is 4. The number of aromatic nitrogens is 1. The fraction of sp³-hybridized carbons (Fsp3) is 0.346. The number of fused-ring (bicyclic) bond motifs is 1. The summed E-state index contributed by atoms with van der Waals surface area (Å²) < 4.78 is 0. The quantitative estimate of drug-likeness (QED) is 0.582. The highest BCUT2D eigenvalue weighted by atomic mass is 32.1. The minimum atomic E-state index is -0.0641. The van der Waals surface area contributed by atoms with Crippen molar-refractivity contribution in [1.29, 1.82) is 0 Å². The molecule has 1 saturated heterocycles. The van der Waals surface area contributed by atoms with Crippen LogP contribution >= 0.6 is 11.3 Å². The summed E-state index contributed by atoms with van der Waals surface area (Å²) in [4.78, 5) is 37.9. The van der Waals surface area contributed by atoms with Gasteiger partial charge >= 0.3 is 0 Å². The number of benzene rings is 1. The van der Waals surface area contributed by atoms with E-state index < -0.39 is 0 Å². The zero-order valence-electron chi connectivity index (χ0n) is 18.6. The standard InChI is InChI=1S/C26H28N4O2S/c31-24(29-17-15-28(16-18-29)23-8-4-5-13-27-23)9-10-25(32)30-14-11-22-21(12-19-33-22)26(30)20-6-2-1-3-7-20/h1-8,12-13,19,26H,9-11,14-18H2. The van der Waals surface area contributed by atoms with Crippen LogP contribution in [0.2, 0.25) is 0 Å². The molecule has 0 bridgehead atoms. The van der Waals surface area contributed by atoms with Gasteiger partial charge in [0, 0.05) is 56.6 Å². The number of thiophene rings is 1. The predicted molar refractivity (Wildman–Crippen MR) is 130 cm³/mol. The second kappa shape index (κ2) is 9.75. The number of rotatable bonds is 5. The van der Waals surface area contributed by atoms with Crippen LogP contribution in [0, 0.1) is 0 Å². The zero-order chi connectivity index (χ0) is 22.6. The van der Waals surface area contributed by atoms with E-state index in [1.807, 2.05) is 46.2 Å². The van der Waals surface area contributed by atoms with Crippen LogP contribution in [-0.2, 0) is 16.0 Å². The summed E-state index contributed by atoms with van der Waals surface area (Å²) >= 11 is 1.77. The highest BCUT2D eigenvalue weighted by Crippen LogP contribution is 2.38. The number of pyridine rings is 1. The molecular weight excluding hydrogens is 432 g/mol. The minimum Gasteiger partial charge on any atom is -0.353 e. The maximum absolute atomic E-state index is 13.3. The average molecular weight is 461 g/mol. The third-order valence-electron chi connectivity index (χ3n) is 6.56. The van der Waals surface area contributed by atoms with Gasteiger partial charge in [0.15, 0.2) is 0 Å². The van der Waals surface area contributed by atoms with Gasteiger partial charge in [0.05, 0.1) is 6.04 Å². The molecule has 2 amide bonds. The number of anilines is 1. The average Bonchev–Trinajstić information content (AvgIpc) is 3.36. The number of amides is 2. The highest BCUT2D eigenvalue weighted by Gasteiger charge is 2.33. The van der Waals surface area contributed by atoms with E-state index in [2.05, 4.69) is 33.5 Å². The zero-order valence-corrected chi connectivity index (χ0v) is 19.4. The van der Waals surface area contributed by atoms with Gasteiger partial charge in [-0.25, -0.2) is 4.98 Å². The second-order valence-corrected chi connectivity index (χ2v) is 9.51. The van der Waals surface area contributed by atoms with Gasteiger partial charge in [0.2, 0.25) is 11.8 Å². The molecule has 0 spiro atoms. The molecule has 1 aromatic carbocycles. The third-order valence-corrected chi connectivity index (χ3v) is 7.56. The topological polar surface area (TPSA) is 56.8 Å². The molecule has 0 N–H and O–H groups in total. The molecule has 7 heteroatoms. The van der Waals surface area contributed by atoms with E-state index in [-0.39, 0.29) is 30.7 Å². The van der Waals surface area contributed by atoms with Crippen molar-refractivity contribution in [3.63, 3.8) is 0 Å². The molecule has 2 aliphatic rings. The van der Waals surface area contributed by atoms with Crippen LogP contribution in [0.25, 0.3) is 0 Å². The molecule has 5 rings (SSSR count). The summed E-state index contributed by atoms with van der Waals surface area (Å²) in [6.07, 6.45) is 3.19. The molecule has 0 saturated carbocycles. The van der Waals surface area contributed by atoms with Gasteiger partial charge in [0.25, 0.3) is 0 Å². The monoisotopic (exact) mass is 460 g/mol. The summed E-state index contributed by atoms with van der Waals surface area (Å²) in [5.41, 5.74) is 2.35. The van der Waals surface area contributed by atoms with Crippen molar-refractivity contribution in [2.45, 2.75) is 25.3 Å². The van der Waals surface area contributed by atoms with Crippen molar-refractivity contribution >= 4 is 29.0 Å². The largest absolute Gasteiger partial charge is 0.353 e. The Kier molecular flexibility index (Phi) is 6.39. The number of hydrogen-bond acceptors (Lipinski definition) is 5. The molecule has 1 fully saturated rings. The lowest BCUT2D eigenvalue weighted by molar-refractivity contribution is -0.138. The van der Waals surface area contributed by atoms with Crippen LogP contribution in [0.15, 0.2) is 66.2 Å². The summed E-state index contributed by atoms with van der Waals surface area (Å²) in [5.74, 6) is 1.07. The molecule has 1 unspecified atom stereocenters. The highest BCUT2D eigenvalue weighted by molar-refractivity contribution is 7.10. The van der Waals surface area contributed by atoms with Gasteiger partial charge in [-0.3, -0.25) is 9.59 Å². The smallest absolute Gasteiger partial charge is 0.223 e. The van der Waals surface area contributed by atoms with Crippen molar-refractivity contribution in [2.75, 3.05) is 37.6 Å². The number of carbonyl (C=O) groups excluding carboxylic acids is 2. The van der Waals surface area contributed by atoms with Crippen molar-refractivity contribution in [1.82, 2.24) is 14.8 Å². The Balaban J connectivity index is 1.20. The van der Waals surface area contributed by atoms with Crippen molar-refractivity contribution in [3.8, 4) is 0 Å². The Morgan fingerprint density at radius 2 is 1.64 bits per heavy atom. The SMILES string of the molecule is O=C(CCC(=O)N1CCc2sccc2C1c1ccccc1)N1CCN(c2ccccn2)CC1. The molecule has 0 aliphatic carbocycles. The van der Waals surface area contributed by atoms with Crippen molar-refractivity contribution < 1.29 is 9.59 Å². The van der Waals surface area contributed by atoms with Gasteiger partial charge in [-0.05, 0) is 41.1 Å². The molecular formula is C26H28N4O2S. The van der Waals surface area contributed by atoms with Crippen LogP contribution in [-0.4, -0.2) is 59.3 Å². The van der Waals surface area contributed by atoms with Gasteiger partial charge < -0.3 is 14.7 Å². The van der Waals surface area contributed by atoms with Gasteiger partial charge in [0.1, 0.15) is 5.82 Å². The lowest BCUT2D eigenvalue weighted by Gasteiger charge is -2.37. The van der Waals surface area contributed by atoms with E-state index in [9.17, 15) is 9.59 Å². The van der Waals surface area contributed by atoms with Gasteiger partial charge in [-0.1, -0.05) is 36.4 Å². The summed E-state index contributed by atoms with van der Waals surface area (Å²) in [6.45, 7) is 3.55. The lowest BCUT2D eigenvalue weighted by Crippen LogP contribution is -2.49. The van der Waals surface area contributed by atoms with E-state index in [4.69, 9.17) is 0 Å². The molecule has 0 radical (unpaired) electrons. The van der Waals surface area contributed by atoms with E-state index in [0.29, 0.717) is 19.6 Å². The number of carbonyl (C=O) groups is 2. The van der Waals surface area contributed by atoms with Gasteiger partial charge in [-0.2, -0.15) is 0 Å². The van der Waals surface area contributed by atoms with Crippen LogP contribution < -0.4 is 4.90 Å². The first-order valence-corrected chi connectivity index (χ1v) is 12.4. The number of hydrogen-bond donors (Lipinski definition) is 0. The molecule has 3 aromatic rings. The first-order chi connectivity index (χ1) is 16.2. The lowest BCUT2D eigenvalue weighted by atomic mass is 9.93. The maximum Gasteiger partial charge on any atom is 0.223 e. The molecule has 6 nitrogen and oxygen atoms in total. The third kappa shape index (κ3) is 4.64. The molecule has 2 aromatic heterocycles. The first kappa shape index (κ1) is 21.6. The first-order valence-electron chi connectivity index (χ1n) is 11.5. The number of piperazine rings is 1. The molecule has 33 heavy (non-hydrogen) atoms. The molecule has 4 heterocycles. The van der Waals surface area contributed by atoms with E-state index in [1.54, 1.807) is 17.5 Å². The van der Waals surface area contributed by atoms with E-state index >= 15 is 0 Å². The Hall–Kier alpha value is -3.19. The molecule has 170 valence electrons. The Morgan fingerprint density at radius 1 is 0.879 bits per heavy atom. The normalized spacial score (nSPS) is 18.2. The summed E-state index contributed by atoms with van der Waals surface area (Å²) in [6, 6.07) is 18.2. The van der Waals surface area contributed by atoms with Crippen molar-refractivity contribution in [3.05, 3.63) is 82.2 Å². The fourth-order valence-electron chi connectivity index (χ4n) is 4.82. The summed E-state index contributed by atoms with van der Waals surface area (Å²) in [7, 11) is 0. The van der Waals surface area contributed by atoms with Gasteiger partial charge in [-0.15, -0.1) is 11.3 Å². The second-order valence-electron chi connectivity index (χ2n) is 8.51.